The number of hydrogen-bond acceptors (Lipinski definition) is 14. The SMILES string of the molecule is CCOc1ccc2c(c1)C1=C(SC(C(=O)OC)=C(C(=O)OC)C13SC(C(=O)OC)=C(C(=O)OC)S3)C(C)(C)N2C(=O)[C@@H]1CCCO1. The number of anilines is 1. The van der Waals surface area contributed by atoms with Gasteiger partial charge in [-0.05, 0) is 51.8 Å². The molecule has 0 unspecified atom stereocenters. The lowest BCUT2D eigenvalue weighted by Crippen LogP contribution is -2.56. The summed E-state index contributed by atoms with van der Waals surface area (Å²) >= 11 is 2.71. The van der Waals surface area contributed by atoms with Gasteiger partial charge in [-0.2, -0.15) is 0 Å². The molecule has 0 aromatic heterocycles. The number of nitrogens with zero attached hydrogens (tertiary/aromatic N) is 1. The zero-order valence-electron chi connectivity index (χ0n) is 26.3. The zero-order chi connectivity index (χ0) is 33.6. The minimum absolute atomic E-state index is 0.120. The Bertz CT molecular complexity index is 1590. The molecule has 15 heteroatoms. The third kappa shape index (κ3) is 5.30. The first-order valence-corrected chi connectivity index (χ1v) is 16.7. The van der Waals surface area contributed by atoms with Crippen LogP contribution in [0.3, 0.4) is 0 Å². The van der Waals surface area contributed by atoms with Gasteiger partial charge in [-0.3, -0.25) is 9.69 Å². The molecule has 1 fully saturated rings. The van der Waals surface area contributed by atoms with Crippen LogP contribution in [0.15, 0.2) is 43.4 Å². The largest absolute Gasteiger partial charge is 0.494 e. The van der Waals surface area contributed by atoms with Crippen molar-refractivity contribution in [1.29, 1.82) is 0 Å². The highest BCUT2D eigenvalue weighted by atomic mass is 32.2. The summed E-state index contributed by atoms with van der Waals surface area (Å²) in [5.41, 5.74) is 0.158. The molecule has 0 bridgehead atoms. The van der Waals surface area contributed by atoms with Crippen molar-refractivity contribution in [2.75, 3.05) is 46.6 Å². The number of fused-ring (bicyclic) bond motifs is 3. The highest BCUT2D eigenvalue weighted by Crippen LogP contribution is 2.71. The van der Waals surface area contributed by atoms with Gasteiger partial charge >= 0.3 is 23.9 Å². The number of carbonyl (C=O) groups excluding carboxylic acids is 5. The topological polar surface area (TPSA) is 144 Å². The molecule has 0 N–H and O–H groups in total. The van der Waals surface area contributed by atoms with Gasteiger partial charge in [0.25, 0.3) is 5.91 Å². The number of carbonyl (C=O) groups is 5. The second-order valence-electron chi connectivity index (χ2n) is 10.8. The number of esters is 4. The van der Waals surface area contributed by atoms with Gasteiger partial charge in [0.2, 0.25) is 0 Å². The highest BCUT2D eigenvalue weighted by molar-refractivity contribution is 8.26. The van der Waals surface area contributed by atoms with Crippen molar-refractivity contribution < 1.29 is 52.4 Å². The molecule has 4 aliphatic heterocycles. The van der Waals surface area contributed by atoms with E-state index in [2.05, 4.69) is 0 Å². The molecule has 46 heavy (non-hydrogen) atoms. The van der Waals surface area contributed by atoms with E-state index < -0.39 is 39.6 Å². The lowest BCUT2D eigenvalue weighted by Gasteiger charge is -2.51. The van der Waals surface area contributed by atoms with Crippen LogP contribution >= 0.6 is 35.3 Å². The molecule has 1 saturated heterocycles. The van der Waals surface area contributed by atoms with Gasteiger partial charge in [-0.1, -0.05) is 35.3 Å². The van der Waals surface area contributed by atoms with Crippen LogP contribution < -0.4 is 9.64 Å². The minimum atomic E-state index is -1.68. The molecule has 0 saturated carbocycles. The fourth-order valence-corrected chi connectivity index (χ4v) is 10.9. The van der Waals surface area contributed by atoms with Gasteiger partial charge in [0.15, 0.2) is 0 Å². The average molecular weight is 692 g/mol. The molecule has 0 radical (unpaired) electrons. The van der Waals surface area contributed by atoms with Crippen molar-refractivity contribution in [3.8, 4) is 5.75 Å². The van der Waals surface area contributed by atoms with Gasteiger partial charge in [0, 0.05) is 22.6 Å². The quantitative estimate of drug-likeness (QED) is 0.298. The monoisotopic (exact) mass is 691 g/mol. The summed E-state index contributed by atoms with van der Waals surface area (Å²) in [5.74, 6) is -3.20. The molecule has 1 amide bonds. The first-order chi connectivity index (χ1) is 21.9. The molecule has 1 aromatic rings. The van der Waals surface area contributed by atoms with E-state index in [1.54, 1.807) is 23.1 Å². The summed E-state index contributed by atoms with van der Waals surface area (Å²) in [5, 5.41) is 0. The highest BCUT2D eigenvalue weighted by Gasteiger charge is 2.62. The van der Waals surface area contributed by atoms with Crippen molar-refractivity contribution in [2.45, 2.75) is 49.3 Å². The minimum Gasteiger partial charge on any atom is -0.494 e. The van der Waals surface area contributed by atoms with Gasteiger partial charge in [0.05, 0.1) is 51.8 Å². The molecule has 1 aromatic carbocycles. The first kappa shape index (κ1) is 33.9. The van der Waals surface area contributed by atoms with Gasteiger partial charge in [0.1, 0.15) is 30.6 Å². The van der Waals surface area contributed by atoms with Crippen LogP contribution in [-0.2, 0) is 47.7 Å². The summed E-state index contributed by atoms with van der Waals surface area (Å²) in [6.07, 6.45) is 0.593. The number of thioether (sulfide) groups is 3. The predicted molar refractivity (Wildman–Crippen MR) is 173 cm³/mol. The van der Waals surface area contributed by atoms with E-state index in [-0.39, 0.29) is 26.2 Å². The van der Waals surface area contributed by atoms with Crippen LogP contribution in [0.1, 0.15) is 39.2 Å². The molecule has 0 aliphatic carbocycles. The normalized spacial score (nSPS) is 21.1. The molecule has 5 rings (SSSR count). The Morgan fingerprint density at radius 1 is 0.891 bits per heavy atom. The van der Waals surface area contributed by atoms with E-state index in [1.165, 1.54) is 28.4 Å². The van der Waals surface area contributed by atoms with Crippen molar-refractivity contribution >= 4 is 76.3 Å². The van der Waals surface area contributed by atoms with Crippen molar-refractivity contribution in [2.24, 2.45) is 0 Å². The second-order valence-corrected chi connectivity index (χ2v) is 14.5. The maximum absolute atomic E-state index is 14.2. The maximum Gasteiger partial charge on any atom is 0.345 e. The third-order valence-corrected chi connectivity index (χ3v) is 12.5. The lowest BCUT2D eigenvalue weighted by atomic mass is 9.83. The van der Waals surface area contributed by atoms with Crippen LogP contribution in [0.25, 0.3) is 5.57 Å². The van der Waals surface area contributed by atoms with Crippen LogP contribution in [-0.4, -0.2) is 87.2 Å². The Labute approximate surface area is 278 Å². The number of methoxy groups -OCH3 is 4. The number of rotatable bonds is 7. The molecule has 4 aliphatic rings. The van der Waals surface area contributed by atoms with Crippen LogP contribution in [0.2, 0.25) is 0 Å². The zero-order valence-corrected chi connectivity index (χ0v) is 28.8. The summed E-state index contributed by atoms with van der Waals surface area (Å²) in [4.78, 5) is 69.7. The fourth-order valence-electron chi connectivity index (χ4n) is 5.86. The van der Waals surface area contributed by atoms with Gasteiger partial charge in [-0.15, -0.1) is 0 Å². The molecule has 12 nitrogen and oxygen atoms in total. The van der Waals surface area contributed by atoms with E-state index in [0.29, 0.717) is 47.1 Å². The molecule has 246 valence electrons. The van der Waals surface area contributed by atoms with Crippen molar-refractivity contribution in [1.82, 2.24) is 0 Å². The Kier molecular flexibility index (Phi) is 9.60. The smallest absolute Gasteiger partial charge is 0.345 e. The van der Waals surface area contributed by atoms with Crippen LogP contribution in [0, 0.1) is 0 Å². The number of hydrogen-bond donors (Lipinski definition) is 0. The second kappa shape index (κ2) is 13.0. The Morgan fingerprint density at radius 2 is 1.48 bits per heavy atom. The van der Waals surface area contributed by atoms with E-state index in [4.69, 9.17) is 28.4 Å². The average Bonchev–Trinajstić information content (AvgIpc) is 3.73. The summed E-state index contributed by atoms with van der Waals surface area (Å²) in [6, 6.07) is 5.25. The standard InChI is InChI=1S/C31H33NO11S3/c1-8-42-15-11-12-17-16(14-15)19-24(30(2,3)32(17)25(33)18-10-9-13-43-18)44-21(27(35)39-5)20(26(34)38-4)31(19)45-22(28(36)40-6)23(46-31)29(37)41-7/h11-12,14,18H,8-10,13H2,1-7H3/t18-/m0/s1. The van der Waals surface area contributed by atoms with E-state index in [9.17, 15) is 24.0 Å². The van der Waals surface area contributed by atoms with Crippen LogP contribution in [0.5, 0.6) is 5.75 Å². The predicted octanol–water partition coefficient (Wildman–Crippen LogP) is 4.18. The number of ether oxygens (including phenoxy) is 6. The number of amides is 1. The van der Waals surface area contributed by atoms with E-state index in [0.717, 1.165) is 41.7 Å². The summed E-state index contributed by atoms with van der Waals surface area (Å²) in [7, 11) is 4.68. The van der Waals surface area contributed by atoms with Crippen molar-refractivity contribution in [3.05, 3.63) is 49.0 Å². The third-order valence-electron chi connectivity index (χ3n) is 7.85. The Morgan fingerprint density at radius 3 is 2.00 bits per heavy atom. The maximum atomic E-state index is 14.2. The molecular weight excluding hydrogens is 659 g/mol. The lowest BCUT2D eigenvalue weighted by molar-refractivity contribution is -0.138. The molecular formula is C31H33NO11S3. The molecule has 1 spiro atoms. The first-order valence-electron chi connectivity index (χ1n) is 14.3. The molecule has 1 atom stereocenters. The number of benzene rings is 1. The van der Waals surface area contributed by atoms with Gasteiger partial charge in [-0.25, -0.2) is 19.2 Å². The Hall–Kier alpha value is -3.40. The van der Waals surface area contributed by atoms with E-state index in [1.807, 2.05) is 20.8 Å². The summed E-state index contributed by atoms with van der Waals surface area (Å²) in [6.45, 7) is 6.28. The Balaban J connectivity index is 1.89. The summed E-state index contributed by atoms with van der Waals surface area (Å²) < 4.78 is 30.5. The van der Waals surface area contributed by atoms with Gasteiger partial charge < -0.3 is 28.4 Å². The molecule has 4 heterocycles. The van der Waals surface area contributed by atoms with E-state index >= 15 is 0 Å². The fraction of sp³-hybridized carbons (Fsp3) is 0.452. The van der Waals surface area contributed by atoms with Crippen LogP contribution in [0.4, 0.5) is 5.69 Å². The van der Waals surface area contributed by atoms with Crippen molar-refractivity contribution in [3.63, 3.8) is 0 Å².